The third-order valence-electron chi connectivity index (χ3n) is 6.81. The van der Waals surface area contributed by atoms with Crippen molar-refractivity contribution in [3.63, 3.8) is 0 Å². The smallest absolute Gasteiger partial charge is 0.310 e. The Morgan fingerprint density at radius 1 is 1.40 bits per heavy atom. The van der Waals surface area contributed by atoms with Crippen molar-refractivity contribution >= 4 is 5.97 Å². The lowest BCUT2D eigenvalue weighted by atomic mass is 9.55. The van der Waals surface area contributed by atoms with Crippen molar-refractivity contribution in [1.82, 2.24) is 4.90 Å². The second-order valence-corrected chi connectivity index (χ2v) is 8.53. The molecule has 0 aromatic carbocycles. The zero-order valence-corrected chi connectivity index (χ0v) is 16.1. The summed E-state index contributed by atoms with van der Waals surface area (Å²) in [5.74, 6) is 0.770. The van der Waals surface area contributed by atoms with Crippen molar-refractivity contribution < 1.29 is 19.0 Å². The highest BCUT2D eigenvalue weighted by Gasteiger charge is 2.55. The molecule has 0 bridgehead atoms. The molecule has 0 radical (unpaired) electrons. The highest BCUT2D eigenvalue weighted by Crippen LogP contribution is 2.56. The first-order valence-corrected chi connectivity index (χ1v) is 9.50. The van der Waals surface area contributed by atoms with E-state index in [1.165, 1.54) is 18.4 Å². The number of nitrogens with zero attached hydrogens (tertiary/aromatic N) is 1. The van der Waals surface area contributed by atoms with Crippen molar-refractivity contribution in [1.29, 1.82) is 0 Å². The number of methoxy groups -OCH3 is 2. The van der Waals surface area contributed by atoms with Gasteiger partial charge in [0, 0.05) is 33.2 Å². The van der Waals surface area contributed by atoms with Crippen LogP contribution in [0.25, 0.3) is 0 Å². The van der Waals surface area contributed by atoms with E-state index >= 15 is 0 Å². The molecule has 0 aromatic heterocycles. The van der Waals surface area contributed by atoms with E-state index in [-0.39, 0.29) is 29.7 Å². The van der Waals surface area contributed by atoms with Crippen LogP contribution in [0.2, 0.25) is 0 Å². The summed E-state index contributed by atoms with van der Waals surface area (Å²) in [4.78, 5) is 14.7. The van der Waals surface area contributed by atoms with E-state index in [2.05, 4.69) is 18.4 Å². The molecule has 1 heterocycles. The van der Waals surface area contributed by atoms with Crippen LogP contribution in [-0.2, 0) is 19.0 Å². The lowest BCUT2D eigenvalue weighted by Gasteiger charge is -2.50. The molecule has 25 heavy (non-hydrogen) atoms. The zero-order chi connectivity index (χ0) is 18.2. The van der Waals surface area contributed by atoms with Gasteiger partial charge in [-0.3, -0.25) is 4.79 Å². The fourth-order valence-electron chi connectivity index (χ4n) is 5.37. The Morgan fingerprint density at radius 3 is 2.80 bits per heavy atom. The minimum absolute atomic E-state index is 0.0268. The number of likely N-dealkylation sites (N-methyl/N-ethyl adjacent to an activating group) is 1. The minimum atomic E-state index is -0.272. The van der Waals surface area contributed by atoms with Gasteiger partial charge in [0.15, 0.2) is 6.29 Å². The Labute approximate surface area is 151 Å². The minimum Gasteiger partial charge on any atom is -0.462 e. The van der Waals surface area contributed by atoms with Gasteiger partial charge in [0.1, 0.15) is 6.10 Å². The average Bonchev–Trinajstić information content (AvgIpc) is 2.85. The van der Waals surface area contributed by atoms with Crippen LogP contribution in [0.5, 0.6) is 0 Å². The molecule has 1 saturated heterocycles. The Bertz CT molecular complexity index is 518. The van der Waals surface area contributed by atoms with Crippen molar-refractivity contribution in [2.75, 3.05) is 34.4 Å². The van der Waals surface area contributed by atoms with Crippen molar-refractivity contribution in [3.8, 4) is 0 Å². The Balaban J connectivity index is 1.68. The van der Waals surface area contributed by atoms with E-state index < -0.39 is 0 Å². The van der Waals surface area contributed by atoms with E-state index in [4.69, 9.17) is 14.2 Å². The highest BCUT2D eigenvalue weighted by atomic mass is 16.7. The molecule has 1 aliphatic heterocycles. The number of carbonyl (C=O) groups excluding carboxylic acids is 1. The number of fused-ring (bicyclic) bond motifs is 2. The van der Waals surface area contributed by atoms with Crippen LogP contribution in [-0.4, -0.2) is 57.6 Å². The SMILES string of the molecule is C=C1CCC[C@]2(C)C[C@H]3OC(=O)[C@H](CN(C)CC(OC)OC)[C@H]3C[C@H]12. The molecule has 3 aliphatic rings. The van der Waals surface area contributed by atoms with Gasteiger partial charge < -0.3 is 19.1 Å². The fourth-order valence-corrected chi connectivity index (χ4v) is 5.37. The summed E-state index contributed by atoms with van der Waals surface area (Å²) in [5, 5.41) is 0. The topological polar surface area (TPSA) is 48.0 Å². The number of carbonyl (C=O) groups is 1. The summed E-state index contributed by atoms with van der Waals surface area (Å²) in [7, 11) is 5.29. The first kappa shape index (κ1) is 18.9. The Hall–Kier alpha value is -0.910. The molecule has 3 fully saturated rings. The monoisotopic (exact) mass is 351 g/mol. The number of esters is 1. The number of allylic oxidation sites excluding steroid dienone is 1. The van der Waals surface area contributed by atoms with Gasteiger partial charge >= 0.3 is 5.97 Å². The molecule has 0 amide bonds. The standard InChI is InChI=1S/C20H33NO4/c1-13-7-6-8-20(2)10-17-14(9-16(13)20)15(19(22)25-17)11-21(3)12-18(23-4)24-5/h14-18H,1,6-12H2,2-5H3/t14-,15-,16-,17-,20-/m1/s1. The molecular weight excluding hydrogens is 318 g/mol. The fraction of sp³-hybridized carbons (Fsp3) is 0.850. The van der Waals surface area contributed by atoms with Crippen LogP contribution in [0.4, 0.5) is 0 Å². The predicted molar refractivity (Wildman–Crippen MR) is 96.0 cm³/mol. The lowest BCUT2D eigenvalue weighted by Crippen LogP contribution is -2.46. The van der Waals surface area contributed by atoms with Crippen LogP contribution in [0.15, 0.2) is 12.2 Å². The van der Waals surface area contributed by atoms with E-state index in [9.17, 15) is 4.79 Å². The molecule has 3 rings (SSSR count). The molecular formula is C20H33NO4. The van der Waals surface area contributed by atoms with Gasteiger partial charge in [0.2, 0.25) is 0 Å². The summed E-state index contributed by atoms with van der Waals surface area (Å²) >= 11 is 0. The Morgan fingerprint density at radius 2 is 2.12 bits per heavy atom. The van der Waals surface area contributed by atoms with Crippen molar-refractivity contribution in [3.05, 3.63) is 12.2 Å². The molecule has 142 valence electrons. The molecule has 0 unspecified atom stereocenters. The third-order valence-corrected chi connectivity index (χ3v) is 6.81. The van der Waals surface area contributed by atoms with Crippen LogP contribution in [0.1, 0.15) is 39.0 Å². The van der Waals surface area contributed by atoms with Gasteiger partial charge in [0.25, 0.3) is 0 Å². The number of ether oxygens (including phenoxy) is 3. The second kappa shape index (κ2) is 7.37. The first-order valence-electron chi connectivity index (χ1n) is 9.50. The van der Waals surface area contributed by atoms with Gasteiger partial charge in [0.05, 0.1) is 5.92 Å². The summed E-state index contributed by atoms with van der Waals surface area (Å²) in [5.41, 5.74) is 1.65. The van der Waals surface area contributed by atoms with E-state index in [0.29, 0.717) is 24.9 Å². The van der Waals surface area contributed by atoms with Crippen LogP contribution >= 0.6 is 0 Å². The lowest BCUT2D eigenvalue weighted by molar-refractivity contribution is -0.147. The summed E-state index contributed by atoms with van der Waals surface area (Å²) in [6.45, 7) is 8.06. The second-order valence-electron chi connectivity index (χ2n) is 8.53. The van der Waals surface area contributed by atoms with Crippen LogP contribution < -0.4 is 0 Å². The van der Waals surface area contributed by atoms with Crippen molar-refractivity contribution in [2.45, 2.75) is 51.4 Å². The normalized spacial score (nSPS) is 38.0. The van der Waals surface area contributed by atoms with E-state index in [1.807, 2.05) is 7.05 Å². The molecule has 0 spiro atoms. The van der Waals surface area contributed by atoms with Crippen LogP contribution in [0.3, 0.4) is 0 Å². The number of hydrogen-bond donors (Lipinski definition) is 0. The van der Waals surface area contributed by atoms with Gasteiger partial charge in [-0.2, -0.15) is 0 Å². The van der Waals surface area contributed by atoms with Gasteiger partial charge in [-0.1, -0.05) is 19.1 Å². The van der Waals surface area contributed by atoms with Crippen molar-refractivity contribution in [2.24, 2.45) is 23.2 Å². The number of rotatable bonds is 6. The largest absolute Gasteiger partial charge is 0.462 e. The molecule has 5 heteroatoms. The molecule has 2 aliphatic carbocycles. The van der Waals surface area contributed by atoms with E-state index in [0.717, 1.165) is 19.3 Å². The summed E-state index contributed by atoms with van der Waals surface area (Å²) in [6, 6.07) is 0. The van der Waals surface area contributed by atoms with Gasteiger partial charge in [-0.05, 0) is 50.5 Å². The maximum absolute atomic E-state index is 12.6. The van der Waals surface area contributed by atoms with Gasteiger partial charge in [-0.15, -0.1) is 0 Å². The maximum atomic E-state index is 12.6. The molecule has 0 N–H and O–H groups in total. The third kappa shape index (κ3) is 3.64. The zero-order valence-electron chi connectivity index (χ0n) is 16.1. The average molecular weight is 351 g/mol. The molecule has 5 nitrogen and oxygen atoms in total. The van der Waals surface area contributed by atoms with Gasteiger partial charge in [-0.25, -0.2) is 0 Å². The summed E-state index contributed by atoms with van der Waals surface area (Å²) in [6.07, 6.45) is 5.43. The first-order chi connectivity index (χ1) is 11.9. The van der Waals surface area contributed by atoms with Crippen LogP contribution in [0, 0.1) is 23.2 Å². The maximum Gasteiger partial charge on any atom is 0.310 e. The number of hydrogen-bond acceptors (Lipinski definition) is 5. The van der Waals surface area contributed by atoms with E-state index in [1.54, 1.807) is 14.2 Å². The highest BCUT2D eigenvalue weighted by molar-refractivity contribution is 5.75. The molecule has 5 atom stereocenters. The summed E-state index contributed by atoms with van der Waals surface area (Å²) < 4.78 is 16.4. The molecule has 0 aromatic rings. The predicted octanol–water partition coefficient (Wildman–Crippen LogP) is 2.85. The quantitative estimate of drug-likeness (QED) is 0.418. The molecule has 2 saturated carbocycles. The Kier molecular flexibility index (Phi) is 5.57.